The van der Waals surface area contributed by atoms with Gasteiger partial charge in [0, 0.05) is 30.1 Å². The van der Waals surface area contributed by atoms with E-state index in [0.29, 0.717) is 0 Å². The summed E-state index contributed by atoms with van der Waals surface area (Å²) in [6, 6.07) is 16.9. The molecule has 2 heterocycles. The number of fused-ring (bicyclic) bond motifs is 2. The molecule has 0 saturated heterocycles. The van der Waals surface area contributed by atoms with Crippen LogP contribution in [0.3, 0.4) is 0 Å². The van der Waals surface area contributed by atoms with Gasteiger partial charge in [-0.2, -0.15) is 0 Å². The number of imidazole rings is 1. The standard InChI is InChI=1S/C26H27N3/c1-4-5-6-7-11-22-19(2)13-17-24-26(22)28-25(29(24)3)18-16-21-15-14-20-10-8-9-12-23(20)27-21/h5-15,17H,4,16,18H2,1-3H3/b6-5+,11-7-. The molecule has 0 aliphatic heterocycles. The molecule has 2 aromatic carbocycles. The predicted octanol–water partition coefficient (Wildman–Crippen LogP) is 6.19. The third kappa shape index (κ3) is 4.00. The summed E-state index contributed by atoms with van der Waals surface area (Å²) >= 11 is 0. The van der Waals surface area contributed by atoms with Crippen LogP contribution in [0.15, 0.2) is 66.8 Å². The minimum absolute atomic E-state index is 0.870. The maximum absolute atomic E-state index is 5.01. The molecule has 4 rings (SSSR count). The van der Waals surface area contributed by atoms with E-state index < -0.39 is 0 Å². The molecule has 146 valence electrons. The molecule has 0 bridgehead atoms. The van der Waals surface area contributed by atoms with Crippen LogP contribution < -0.4 is 0 Å². The second-order valence-corrected chi connectivity index (χ2v) is 7.44. The van der Waals surface area contributed by atoms with E-state index in [1.54, 1.807) is 0 Å². The Morgan fingerprint density at radius 2 is 1.79 bits per heavy atom. The minimum Gasteiger partial charge on any atom is -0.331 e. The van der Waals surface area contributed by atoms with Gasteiger partial charge in [0.2, 0.25) is 0 Å². The fourth-order valence-corrected chi connectivity index (χ4v) is 3.72. The average molecular weight is 382 g/mol. The van der Waals surface area contributed by atoms with Gasteiger partial charge in [0.15, 0.2) is 0 Å². The molecule has 0 unspecified atom stereocenters. The highest BCUT2D eigenvalue weighted by molar-refractivity contribution is 5.87. The number of aromatic nitrogens is 3. The average Bonchev–Trinajstić information content (AvgIpc) is 3.06. The molecule has 4 aromatic rings. The number of benzene rings is 2. The summed E-state index contributed by atoms with van der Waals surface area (Å²) in [4.78, 5) is 9.82. The molecule has 0 amide bonds. The molecule has 29 heavy (non-hydrogen) atoms. The topological polar surface area (TPSA) is 30.7 Å². The van der Waals surface area contributed by atoms with Crippen molar-refractivity contribution in [2.45, 2.75) is 33.1 Å². The second kappa shape index (κ2) is 8.44. The van der Waals surface area contributed by atoms with Crippen LogP contribution in [-0.2, 0) is 19.9 Å². The van der Waals surface area contributed by atoms with Crippen molar-refractivity contribution in [1.29, 1.82) is 0 Å². The Hall–Kier alpha value is -3.20. The van der Waals surface area contributed by atoms with E-state index in [0.717, 1.165) is 41.8 Å². The van der Waals surface area contributed by atoms with Crippen molar-refractivity contribution >= 4 is 28.0 Å². The van der Waals surface area contributed by atoms with Gasteiger partial charge >= 0.3 is 0 Å². The third-order valence-corrected chi connectivity index (χ3v) is 5.41. The second-order valence-electron chi connectivity index (χ2n) is 7.44. The van der Waals surface area contributed by atoms with Gasteiger partial charge in [-0.05, 0) is 43.5 Å². The number of para-hydroxylation sites is 1. The smallest absolute Gasteiger partial charge is 0.110 e. The zero-order valence-corrected chi connectivity index (χ0v) is 17.4. The minimum atomic E-state index is 0.870. The lowest BCUT2D eigenvalue weighted by Crippen LogP contribution is -2.01. The van der Waals surface area contributed by atoms with Gasteiger partial charge in [-0.25, -0.2) is 4.98 Å². The quantitative estimate of drug-likeness (QED) is 0.373. The van der Waals surface area contributed by atoms with Crippen molar-refractivity contribution in [3.63, 3.8) is 0 Å². The molecule has 0 radical (unpaired) electrons. The van der Waals surface area contributed by atoms with Crippen LogP contribution in [0.25, 0.3) is 28.0 Å². The van der Waals surface area contributed by atoms with Gasteiger partial charge in [0.05, 0.1) is 16.6 Å². The summed E-state index contributed by atoms with van der Waals surface area (Å²) in [7, 11) is 2.11. The van der Waals surface area contributed by atoms with Gasteiger partial charge < -0.3 is 4.57 Å². The number of hydrogen-bond donors (Lipinski definition) is 0. The van der Waals surface area contributed by atoms with E-state index in [9.17, 15) is 0 Å². The van der Waals surface area contributed by atoms with Gasteiger partial charge in [0.1, 0.15) is 5.82 Å². The summed E-state index contributed by atoms with van der Waals surface area (Å²) in [5.74, 6) is 1.10. The molecule has 0 aliphatic rings. The first-order chi connectivity index (χ1) is 14.2. The summed E-state index contributed by atoms with van der Waals surface area (Å²) in [5, 5.41) is 1.18. The molecule has 3 nitrogen and oxygen atoms in total. The molecule has 0 saturated carbocycles. The number of aryl methyl sites for hydroxylation is 4. The van der Waals surface area contributed by atoms with E-state index in [1.165, 1.54) is 22.0 Å². The maximum Gasteiger partial charge on any atom is 0.110 e. The number of hydrogen-bond acceptors (Lipinski definition) is 2. The Bertz CT molecular complexity index is 1210. The van der Waals surface area contributed by atoms with E-state index in [-0.39, 0.29) is 0 Å². The molecular weight excluding hydrogens is 354 g/mol. The molecule has 0 spiro atoms. The monoisotopic (exact) mass is 381 g/mol. The van der Waals surface area contributed by atoms with Gasteiger partial charge in [-0.3, -0.25) is 4.98 Å². The van der Waals surface area contributed by atoms with E-state index in [4.69, 9.17) is 9.97 Å². The summed E-state index contributed by atoms with van der Waals surface area (Å²) < 4.78 is 2.22. The zero-order chi connectivity index (χ0) is 20.2. The third-order valence-electron chi connectivity index (χ3n) is 5.41. The Morgan fingerprint density at radius 1 is 0.931 bits per heavy atom. The Balaban J connectivity index is 1.62. The molecule has 3 heteroatoms. The first-order valence-electron chi connectivity index (χ1n) is 10.3. The van der Waals surface area contributed by atoms with Crippen molar-refractivity contribution in [3.8, 4) is 0 Å². The van der Waals surface area contributed by atoms with Crippen LogP contribution in [0, 0.1) is 6.92 Å². The summed E-state index contributed by atoms with van der Waals surface area (Å²) in [5.41, 5.74) is 6.87. The van der Waals surface area contributed by atoms with Crippen molar-refractivity contribution in [3.05, 3.63) is 89.4 Å². The van der Waals surface area contributed by atoms with Gasteiger partial charge in [-0.15, -0.1) is 0 Å². The Kier molecular flexibility index (Phi) is 5.57. The van der Waals surface area contributed by atoms with Crippen molar-refractivity contribution in [2.24, 2.45) is 7.05 Å². The highest BCUT2D eigenvalue weighted by Gasteiger charge is 2.12. The summed E-state index contributed by atoms with van der Waals surface area (Å²) in [6.07, 6.45) is 11.3. The van der Waals surface area contributed by atoms with E-state index >= 15 is 0 Å². The Morgan fingerprint density at radius 3 is 2.66 bits per heavy atom. The SMILES string of the molecule is CC/C=C/C=C\c1c(C)ccc2c1nc(CCc1ccc3ccccc3n1)n2C. The lowest BCUT2D eigenvalue weighted by Gasteiger charge is -2.04. The van der Waals surface area contributed by atoms with E-state index in [2.05, 4.69) is 92.2 Å². The van der Waals surface area contributed by atoms with Crippen LogP contribution in [0.2, 0.25) is 0 Å². The molecule has 0 aliphatic carbocycles. The van der Waals surface area contributed by atoms with Crippen LogP contribution >= 0.6 is 0 Å². The highest BCUT2D eigenvalue weighted by Crippen LogP contribution is 2.24. The first-order valence-corrected chi connectivity index (χ1v) is 10.3. The highest BCUT2D eigenvalue weighted by atomic mass is 15.1. The zero-order valence-electron chi connectivity index (χ0n) is 17.4. The fraction of sp³-hybridized carbons (Fsp3) is 0.231. The number of rotatable bonds is 6. The predicted molar refractivity (Wildman–Crippen MR) is 123 cm³/mol. The first kappa shape index (κ1) is 19.1. The molecule has 2 aromatic heterocycles. The number of nitrogens with zero attached hydrogens (tertiary/aromatic N) is 3. The lowest BCUT2D eigenvalue weighted by atomic mass is 10.1. The van der Waals surface area contributed by atoms with Crippen molar-refractivity contribution in [1.82, 2.24) is 14.5 Å². The maximum atomic E-state index is 5.01. The van der Waals surface area contributed by atoms with Crippen LogP contribution in [-0.4, -0.2) is 14.5 Å². The largest absolute Gasteiger partial charge is 0.331 e. The van der Waals surface area contributed by atoms with Crippen molar-refractivity contribution < 1.29 is 0 Å². The molecule has 0 atom stereocenters. The number of allylic oxidation sites excluding steroid dienone is 3. The molecule has 0 N–H and O–H groups in total. The molecular formula is C26H27N3. The van der Waals surface area contributed by atoms with Gasteiger partial charge in [-0.1, -0.05) is 61.6 Å². The van der Waals surface area contributed by atoms with Crippen LogP contribution in [0.1, 0.15) is 36.0 Å². The normalized spacial score (nSPS) is 12.1. The Labute approximate surface area is 172 Å². The summed E-state index contributed by atoms with van der Waals surface area (Å²) in [6.45, 7) is 4.29. The number of pyridine rings is 1. The fourth-order valence-electron chi connectivity index (χ4n) is 3.72. The lowest BCUT2D eigenvalue weighted by molar-refractivity contribution is 0.778. The van der Waals surface area contributed by atoms with Crippen LogP contribution in [0.5, 0.6) is 0 Å². The molecule has 0 fully saturated rings. The van der Waals surface area contributed by atoms with Crippen molar-refractivity contribution in [2.75, 3.05) is 0 Å². The van der Waals surface area contributed by atoms with Gasteiger partial charge in [0.25, 0.3) is 0 Å². The van der Waals surface area contributed by atoms with Crippen LogP contribution in [0.4, 0.5) is 0 Å². The van der Waals surface area contributed by atoms with E-state index in [1.807, 2.05) is 6.07 Å².